The first-order valence-corrected chi connectivity index (χ1v) is 7.91. The first kappa shape index (κ1) is 18.9. The number of rotatable bonds is 5. The largest absolute Gasteiger partial charge is 0.354 e. The molecule has 120 valence electrons. The van der Waals surface area contributed by atoms with E-state index in [9.17, 15) is 0 Å². The molecule has 2 N–H and O–H groups in total. The summed E-state index contributed by atoms with van der Waals surface area (Å²) in [5, 5.41) is 6.70. The summed E-state index contributed by atoms with van der Waals surface area (Å²) in [7, 11) is 1.79. The Kier molecular flexibility index (Phi) is 8.40. The molecule has 0 saturated heterocycles. The smallest absolute Gasteiger partial charge is 0.191 e. The molecular weight excluding hydrogens is 407 g/mol. The molecular formula is C16H23IN4S. The van der Waals surface area contributed by atoms with Gasteiger partial charge in [0.15, 0.2) is 5.96 Å². The van der Waals surface area contributed by atoms with Crippen molar-refractivity contribution in [2.24, 2.45) is 4.99 Å². The fourth-order valence-corrected chi connectivity index (χ4v) is 3.07. The molecule has 22 heavy (non-hydrogen) atoms. The van der Waals surface area contributed by atoms with Crippen LogP contribution in [0.1, 0.15) is 22.4 Å². The van der Waals surface area contributed by atoms with Gasteiger partial charge in [0, 0.05) is 35.5 Å². The molecule has 0 aliphatic heterocycles. The van der Waals surface area contributed by atoms with E-state index in [1.54, 1.807) is 13.2 Å². The maximum atomic E-state index is 4.29. The monoisotopic (exact) mass is 430 g/mol. The fourth-order valence-electron chi connectivity index (χ4n) is 2.05. The Morgan fingerprint density at radius 2 is 2.14 bits per heavy atom. The van der Waals surface area contributed by atoms with Crippen LogP contribution in [0.4, 0.5) is 0 Å². The highest BCUT2D eigenvalue weighted by atomic mass is 127. The molecule has 0 radical (unpaired) electrons. The third-order valence-electron chi connectivity index (χ3n) is 3.07. The van der Waals surface area contributed by atoms with Crippen LogP contribution < -0.4 is 10.6 Å². The van der Waals surface area contributed by atoms with Gasteiger partial charge in [-0.15, -0.1) is 35.3 Å². The standard InChI is InChI=1S/C16H22N4S.HI/c1-12(10-15-8-7-13(2)21-15)20-16(17-3)19-11-14-6-4-5-9-18-14;/h4-9,12H,10-11H2,1-3H3,(H2,17,19,20);1H. The summed E-state index contributed by atoms with van der Waals surface area (Å²) in [5.74, 6) is 0.807. The minimum absolute atomic E-state index is 0. The Hall–Kier alpha value is -1.15. The van der Waals surface area contributed by atoms with Crippen molar-refractivity contribution in [1.29, 1.82) is 0 Å². The molecule has 0 bridgehead atoms. The van der Waals surface area contributed by atoms with Crippen LogP contribution in [0.2, 0.25) is 0 Å². The molecule has 2 aromatic rings. The zero-order chi connectivity index (χ0) is 15.1. The average Bonchev–Trinajstić information content (AvgIpc) is 2.89. The van der Waals surface area contributed by atoms with E-state index >= 15 is 0 Å². The van der Waals surface area contributed by atoms with Gasteiger partial charge in [-0.2, -0.15) is 0 Å². The maximum absolute atomic E-state index is 4.29. The Morgan fingerprint density at radius 1 is 1.32 bits per heavy atom. The quantitative estimate of drug-likeness (QED) is 0.435. The van der Waals surface area contributed by atoms with Crippen LogP contribution in [-0.2, 0) is 13.0 Å². The third kappa shape index (κ3) is 6.31. The SMILES string of the molecule is CN=C(NCc1ccccn1)NC(C)Cc1ccc(C)s1.I. The van der Waals surface area contributed by atoms with E-state index in [1.165, 1.54) is 9.75 Å². The third-order valence-corrected chi connectivity index (χ3v) is 4.10. The number of guanidine groups is 1. The van der Waals surface area contributed by atoms with E-state index in [1.807, 2.05) is 29.5 Å². The number of aryl methyl sites for hydroxylation is 1. The van der Waals surface area contributed by atoms with Crippen LogP contribution in [0, 0.1) is 6.92 Å². The van der Waals surface area contributed by atoms with Gasteiger partial charge in [-0.3, -0.25) is 9.98 Å². The average molecular weight is 430 g/mol. The van der Waals surface area contributed by atoms with Gasteiger partial charge in [0.25, 0.3) is 0 Å². The van der Waals surface area contributed by atoms with E-state index in [0.29, 0.717) is 12.6 Å². The number of nitrogens with zero attached hydrogens (tertiary/aromatic N) is 2. The summed E-state index contributed by atoms with van der Waals surface area (Å²) in [6.07, 6.45) is 2.80. The summed E-state index contributed by atoms with van der Waals surface area (Å²) >= 11 is 1.85. The number of aliphatic imine (C=N–C) groups is 1. The van der Waals surface area contributed by atoms with Crippen LogP contribution in [-0.4, -0.2) is 24.0 Å². The normalized spacial score (nSPS) is 12.4. The molecule has 1 unspecified atom stereocenters. The van der Waals surface area contributed by atoms with E-state index in [0.717, 1.165) is 18.1 Å². The summed E-state index contributed by atoms with van der Waals surface area (Å²) in [4.78, 5) is 11.3. The first-order chi connectivity index (χ1) is 10.2. The van der Waals surface area contributed by atoms with E-state index in [2.05, 4.69) is 46.6 Å². The molecule has 0 aromatic carbocycles. The summed E-state index contributed by atoms with van der Waals surface area (Å²) in [5.41, 5.74) is 1.00. The molecule has 6 heteroatoms. The number of nitrogens with one attached hydrogen (secondary N) is 2. The summed E-state index contributed by atoms with van der Waals surface area (Å²) < 4.78 is 0. The van der Waals surface area contributed by atoms with Crippen molar-refractivity contribution in [2.75, 3.05) is 7.05 Å². The molecule has 0 aliphatic rings. The second kappa shape index (κ2) is 9.78. The minimum Gasteiger partial charge on any atom is -0.354 e. The molecule has 0 fully saturated rings. The molecule has 2 aromatic heterocycles. The van der Waals surface area contributed by atoms with Gasteiger partial charge in [-0.1, -0.05) is 6.07 Å². The Morgan fingerprint density at radius 3 is 2.73 bits per heavy atom. The second-order valence-electron chi connectivity index (χ2n) is 5.01. The lowest BCUT2D eigenvalue weighted by atomic mass is 10.2. The Balaban J connectivity index is 0.00000242. The molecule has 1 atom stereocenters. The van der Waals surface area contributed by atoms with Gasteiger partial charge in [0.2, 0.25) is 0 Å². The Labute approximate surface area is 153 Å². The van der Waals surface area contributed by atoms with Crippen molar-refractivity contribution in [3.63, 3.8) is 0 Å². The first-order valence-electron chi connectivity index (χ1n) is 7.10. The molecule has 2 heterocycles. The van der Waals surface area contributed by atoms with E-state index in [4.69, 9.17) is 0 Å². The lowest BCUT2D eigenvalue weighted by Gasteiger charge is -2.17. The number of pyridine rings is 1. The minimum atomic E-state index is 0. The van der Waals surface area contributed by atoms with Crippen molar-refractivity contribution < 1.29 is 0 Å². The van der Waals surface area contributed by atoms with Gasteiger partial charge in [-0.25, -0.2) is 0 Å². The molecule has 0 saturated carbocycles. The van der Waals surface area contributed by atoms with Gasteiger partial charge in [0.1, 0.15) is 0 Å². The van der Waals surface area contributed by atoms with Crippen molar-refractivity contribution in [2.45, 2.75) is 32.9 Å². The van der Waals surface area contributed by atoms with Gasteiger partial charge in [-0.05, 0) is 38.1 Å². The van der Waals surface area contributed by atoms with Crippen LogP contribution in [0.5, 0.6) is 0 Å². The van der Waals surface area contributed by atoms with Crippen LogP contribution in [0.3, 0.4) is 0 Å². The van der Waals surface area contributed by atoms with Gasteiger partial charge in [0.05, 0.1) is 12.2 Å². The predicted octanol–water partition coefficient (Wildman–Crippen LogP) is 3.37. The van der Waals surface area contributed by atoms with Crippen LogP contribution >= 0.6 is 35.3 Å². The van der Waals surface area contributed by atoms with Crippen molar-refractivity contribution in [1.82, 2.24) is 15.6 Å². The zero-order valence-corrected chi connectivity index (χ0v) is 16.3. The second-order valence-corrected chi connectivity index (χ2v) is 6.38. The predicted molar refractivity (Wildman–Crippen MR) is 105 cm³/mol. The number of halogens is 1. The van der Waals surface area contributed by atoms with Crippen molar-refractivity contribution in [3.8, 4) is 0 Å². The van der Waals surface area contributed by atoms with Gasteiger partial charge >= 0.3 is 0 Å². The highest BCUT2D eigenvalue weighted by molar-refractivity contribution is 14.0. The molecule has 2 rings (SSSR count). The van der Waals surface area contributed by atoms with Crippen LogP contribution in [0.15, 0.2) is 41.5 Å². The number of aromatic nitrogens is 1. The summed E-state index contributed by atoms with van der Waals surface area (Å²) in [6.45, 7) is 4.98. The zero-order valence-electron chi connectivity index (χ0n) is 13.2. The lowest BCUT2D eigenvalue weighted by molar-refractivity contribution is 0.643. The lowest BCUT2D eigenvalue weighted by Crippen LogP contribution is -2.42. The van der Waals surface area contributed by atoms with Gasteiger partial charge < -0.3 is 10.6 Å². The van der Waals surface area contributed by atoms with Crippen molar-refractivity contribution >= 4 is 41.3 Å². The molecule has 0 aliphatic carbocycles. The van der Waals surface area contributed by atoms with E-state index < -0.39 is 0 Å². The molecule has 4 nitrogen and oxygen atoms in total. The van der Waals surface area contributed by atoms with Crippen LogP contribution in [0.25, 0.3) is 0 Å². The number of hydrogen-bond donors (Lipinski definition) is 2. The highest BCUT2D eigenvalue weighted by Gasteiger charge is 2.07. The topological polar surface area (TPSA) is 49.3 Å². The molecule has 0 spiro atoms. The fraction of sp³-hybridized carbons (Fsp3) is 0.375. The maximum Gasteiger partial charge on any atom is 0.191 e. The van der Waals surface area contributed by atoms with E-state index in [-0.39, 0.29) is 24.0 Å². The Bertz CT molecular complexity index is 583. The highest BCUT2D eigenvalue weighted by Crippen LogP contribution is 2.16. The number of thiophene rings is 1. The van der Waals surface area contributed by atoms with Crippen molar-refractivity contribution in [3.05, 3.63) is 52.0 Å². The number of hydrogen-bond acceptors (Lipinski definition) is 3. The molecule has 0 amide bonds. The summed E-state index contributed by atoms with van der Waals surface area (Å²) in [6, 6.07) is 10.6.